The van der Waals surface area contributed by atoms with Gasteiger partial charge in [-0.3, -0.25) is 9.69 Å². The average molecular weight is 322 g/mol. The van der Waals surface area contributed by atoms with E-state index in [0.29, 0.717) is 6.54 Å². The molecule has 4 nitrogen and oxygen atoms in total. The van der Waals surface area contributed by atoms with Crippen molar-refractivity contribution in [2.24, 2.45) is 0 Å². The van der Waals surface area contributed by atoms with Gasteiger partial charge in [0.2, 0.25) is 0 Å². The standard InChI is InChI=1S/C17H26N2O2S/c1-13-5-6-14(22-4)11-15(13)16(20)18-12-17(2,3)19-7-9-21-10-8-19/h5-6,11H,7-10,12H2,1-4H3,(H,18,20). The summed E-state index contributed by atoms with van der Waals surface area (Å²) in [5.74, 6) is 0.00901. The molecule has 5 heteroatoms. The topological polar surface area (TPSA) is 41.6 Å². The molecule has 1 amide bonds. The lowest BCUT2D eigenvalue weighted by Gasteiger charge is -2.40. The SMILES string of the molecule is CSc1ccc(C)c(C(=O)NCC(C)(C)N2CCOCC2)c1. The van der Waals surface area contributed by atoms with Crippen molar-refractivity contribution < 1.29 is 9.53 Å². The summed E-state index contributed by atoms with van der Waals surface area (Å²) in [5.41, 5.74) is 1.72. The van der Waals surface area contributed by atoms with Gasteiger partial charge in [-0.05, 0) is 44.7 Å². The van der Waals surface area contributed by atoms with Crippen LogP contribution >= 0.6 is 11.8 Å². The van der Waals surface area contributed by atoms with Gasteiger partial charge < -0.3 is 10.1 Å². The molecule has 0 bridgehead atoms. The number of rotatable bonds is 5. The number of carbonyl (C=O) groups is 1. The predicted octanol–water partition coefficient (Wildman–Crippen LogP) is 2.56. The van der Waals surface area contributed by atoms with E-state index in [1.807, 2.05) is 25.3 Å². The Morgan fingerprint density at radius 3 is 2.68 bits per heavy atom. The Labute approximate surface area is 137 Å². The number of benzene rings is 1. The number of thioether (sulfide) groups is 1. The summed E-state index contributed by atoms with van der Waals surface area (Å²) in [5, 5.41) is 3.10. The number of hydrogen-bond donors (Lipinski definition) is 1. The molecular formula is C17H26N2O2S. The molecule has 0 spiro atoms. The minimum Gasteiger partial charge on any atom is -0.379 e. The monoisotopic (exact) mass is 322 g/mol. The number of aryl methyl sites for hydroxylation is 1. The van der Waals surface area contributed by atoms with Gasteiger partial charge in [-0.2, -0.15) is 0 Å². The summed E-state index contributed by atoms with van der Waals surface area (Å²) in [6.45, 7) is 10.3. The van der Waals surface area contributed by atoms with Crippen molar-refractivity contribution in [1.29, 1.82) is 0 Å². The summed E-state index contributed by atoms with van der Waals surface area (Å²) >= 11 is 1.65. The van der Waals surface area contributed by atoms with E-state index in [4.69, 9.17) is 4.74 Å². The predicted molar refractivity (Wildman–Crippen MR) is 91.8 cm³/mol. The van der Waals surface area contributed by atoms with Gasteiger partial charge in [0.1, 0.15) is 0 Å². The Bertz CT molecular complexity index is 525. The minimum atomic E-state index is -0.0650. The highest BCUT2D eigenvalue weighted by atomic mass is 32.2. The van der Waals surface area contributed by atoms with E-state index in [2.05, 4.69) is 30.1 Å². The zero-order chi connectivity index (χ0) is 16.2. The van der Waals surface area contributed by atoms with Crippen LogP contribution in [0, 0.1) is 6.92 Å². The summed E-state index contributed by atoms with van der Waals surface area (Å²) in [6.07, 6.45) is 2.02. The van der Waals surface area contributed by atoms with Crippen LogP contribution in [0.15, 0.2) is 23.1 Å². The van der Waals surface area contributed by atoms with Crippen LogP contribution in [0.2, 0.25) is 0 Å². The highest BCUT2D eigenvalue weighted by Gasteiger charge is 2.28. The van der Waals surface area contributed by atoms with E-state index in [-0.39, 0.29) is 11.4 Å². The molecule has 0 atom stereocenters. The molecule has 122 valence electrons. The first-order valence-electron chi connectivity index (χ1n) is 7.70. The van der Waals surface area contributed by atoms with Crippen LogP contribution in [-0.2, 0) is 4.74 Å². The van der Waals surface area contributed by atoms with Gasteiger partial charge >= 0.3 is 0 Å². The quantitative estimate of drug-likeness (QED) is 0.846. The smallest absolute Gasteiger partial charge is 0.251 e. The highest BCUT2D eigenvalue weighted by Crippen LogP contribution is 2.20. The number of morpholine rings is 1. The minimum absolute atomic E-state index is 0.00901. The number of nitrogens with zero attached hydrogens (tertiary/aromatic N) is 1. The average Bonchev–Trinajstić information content (AvgIpc) is 2.54. The first kappa shape index (κ1) is 17.3. The van der Waals surface area contributed by atoms with Gasteiger partial charge in [0.05, 0.1) is 13.2 Å². The molecule has 0 radical (unpaired) electrons. The molecule has 0 aromatic heterocycles. The second kappa shape index (κ2) is 7.49. The Morgan fingerprint density at radius 1 is 1.36 bits per heavy atom. The van der Waals surface area contributed by atoms with Gasteiger partial charge in [-0.25, -0.2) is 0 Å². The van der Waals surface area contributed by atoms with Crippen LogP contribution in [0.1, 0.15) is 29.8 Å². The fourth-order valence-electron chi connectivity index (χ4n) is 2.65. The molecule has 1 heterocycles. The van der Waals surface area contributed by atoms with E-state index in [9.17, 15) is 4.79 Å². The normalized spacial score (nSPS) is 16.5. The molecule has 1 aromatic carbocycles. The number of amides is 1. The van der Waals surface area contributed by atoms with E-state index >= 15 is 0 Å². The van der Waals surface area contributed by atoms with Crippen LogP contribution in [0.25, 0.3) is 0 Å². The Morgan fingerprint density at radius 2 is 2.05 bits per heavy atom. The van der Waals surface area contributed by atoms with E-state index in [1.165, 1.54) is 0 Å². The largest absolute Gasteiger partial charge is 0.379 e. The molecule has 1 saturated heterocycles. The highest BCUT2D eigenvalue weighted by molar-refractivity contribution is 7.98. The van der Waals surface area contributed by atoms with Crippen LogP contribution < -0.4 is 5.32 Å². The maximum absolute atomic E-state index is 12.5. The Kier molecular flexibility index (Phi) is 5.89. The van der Waals surface area contributed by atoms with Crippen molar-refractivity contribution in [2.75, 3.05) is 39.1 Å². The lowest BCUT2D eigenvalue weighted by Crippen LogP contribution is -2.55. The molecule has 1 aromatic rings. The van der Waals surface area contributed by atoms with Crippen molar-refractivity contribution in [3.05, 3.63) is 29.3 Å². The number of ether oxygens (including phenoxy) is 1. The summed E-state index contributed by atoms with van der Waals surface area (Å²) < 4.78 is 5.40. The molecule has 1 aliphatic heterocycles. The summed E-state index contributed by atoms with van der Waals surface area (Å²) in [7, 11) is 0. The lowest BCUT2D eigenvalue weighted by molar-refractivity contribution is -0.00923. The van der Waals surface area contributed by atoms with Gasteiger partial charge in [-0.15, -0.1) is 11.8 Å². The zero-order valence-electron chi connectivity index (χ0n) is 13.9. The molecule has 0 aliphatic carbocycles. The van der Waals surface area contributed by atoms with Crippen LogP contribution in [0.4, 0.5) is 0 Å². The zero-order valence-corrected chi connectivity index (χ0v) is 14.8. The third-order valence-electron chi connectivity index (χ3n) is 4.24. The number of hydrogen-bond acceptors (Lipinski definition) is 4. The fraction of sp³-hybridized carbons (Fsp3) is 0.588. The first-order chi connectivity index (χ1) is 10.4. The second-order valence-electron chi connectivity index (χ2n) is 6.28. The Hall–Kier alpha value is -1.04. The molecule has 0 unspecified atom stereocenters. The van der Waals surface area contributed by atoms with Crippen LogP contribution in [0.5, 0.6) is 0 Å². The molecule has 1 fully saturated rings. The number of nitrogens with one attached hydrogen (secondary N) is 1. The van der Waals surface area contributed by atoms with E-state index in [1.54, 1.807) is 11.8 Å². The van der Waals surface area contributed by atoms with Gasteiger partial charge in [0.15, 0.2) is 0 Å². The summed E-state index contributed by atoms with van der Waals surface area (Å²) in [4.78, 5) is 16.0. The van der Waals surface area contributed by atoms with Gasteiger partial charge in [0, 0.05) is 35.6 Å². The van der Waals surface area contributed by atoms with Crippen LogP contribution in [0.3, 0.4) is 0 Å². The van der Waals surface area contributed by atoms with Crippen molar-refractivity contribution in [3.8, 4) is 0 Å². The fourth-order valence-corrected chi connectivity index (χ4v) is 3.08. The lowest BCUT2D eigenvalue weighted by atomic mass is 10.0. The Balaban J connectivity index is 1.99. The molecule has 0 saturated carbocycles. The van der Waals surface area contributed by atoms with Crippen molar-refractivity contribution >= 4 is 17.7 Å². The molecule has 1 N–H and O–H groups in total. The maximum Gasteiger partial charge on any atom is 0.251 e. The second-order valence-corrected chi connectivity index (χ2v) is 7.16. The van der Waals surface area contributed by atoms with E-state index < -0.39 is 0 Å². The van der Waals surface area contributed by atoms with Crippen LogP contribution in [-0.4, -0.2) is 55.4 Å². The van der Waals surface area contributed by atoms with Gasteiger partial charge in [0.25, 0.3) is 5.91 Å². The third-order valence-corrected chi connectivity index (χ3v) is 4.96. The van der Waals surface area contributed by atoms with Crippen molar-refractivity contribution in [2.45, 2.75) is 31.2 Å². The molecule has 2 rings (SSSR count). The van der Waals surface area contributed by atoms with E-state index in [0.717, 1.165) is 42.3 Å². The van der Waals surface area contributed by atoms with Gasteiger partial charge in [-0.1, -0.05) is 6.07 Å². The number of carbonyl (C=O) groups excluding carboxylic acids is 1. The molecular weight excluding hydrogens is 296 g/mol. The molecule has 22 heavy (non-hydrogen) atoms. The van der Waals surface area contributed by atoms with Crippen molar-refractivity contribution in [1.82, 2.24) is 10.2 Å². The first-order valence-corrected chi connectivity index (χ1v) is 8.92. The third kappa shape index (κ3) is 4.24. The molecule has 1 aliphatic rings. The summed E-state index contributed by atoms with van der Waals surface area (Å²) in [6, 6.07) is 6.03. The maximum atomic E-state index is 12.5. The van der Waals surface area contributed by atoms with Crippen molar-refractivity contribution in [3.63, 3.8) is 0 Å².